The Bertz CT molecular complexity index is 388. The van der Waals surface area contributed by atoms with Crippen molar-refractivity contribution in [1.29, 1.82) is 0 Å². The van der Waals surface area contributed by atoms with E-state index in [1.807, 2.05) is 37.3 Å². The van der Waals surface area contributed by atoms with Crippen LogP contribution < -0.4 is 5.32 Å². The van der Waals surface area contributed by atoms with E-state index in [9.17, 15) is 9.18 Å². The monoisotopic (exact) mass is 250 g/mol. The van der Waals surface area contributed by atoms with Gasteiger partial charge in [0.2, 0.25) is 0 Å². The van der Waals surface area contributed by atoms with Gasteiger partial charge in [0, 0.05) is 13.1 Å². The molecule has 98 valence electrons. The Morgan fingerprint density at radius 3 is 2.56 bits per heavy atom. The van der Waals surface area contributed by atoms with Crippen molar-refractivity contribution in [2.75, 3.05) is 13.1 Å². The highest BCUT2D eigenvalue weighted by molar-refractivity contribution is 5.74. The summed E-state index contributed by atoms with van der Waals surface area (Å²) in [6, 6.07) is 9.70. The number of carbonyl (C=O) groups is 1. The Labute approximate surface area is 107 Å². The molecule has 0 aromatic heterocycles. The van der Waals surface area contributed by atoms with Crippen LogP contribution in [-0.4, -0.2) is 30.2 Å². The number of hydrogen-bond donors (Lipinski definition) is 1. The number of piperidine rings is 1. The summed E-state index contributed by atoms with van der Waals surface area (Å²) >= 11 is 0. The highest BCUT2D eigenvalue weighted by Gasteiger charge is 2.23. The molecule has 2 rings (SSSR count). The standard InChI is InChI=1S/C14H19FN2O/c1-11(12-5-3-2-4-6-12)16-14(18)17-9-7-13(15)8-10-17/h2-6,11,13H,7-10H2,1H3,(H,16,18)/t11-/m1/s1. The quantitative estimate of drug-likeness (QED) is 0.860. The van der Waals surface area contributed by atoms with E-state index in [1.54, 1.807) is 4.90 Å². The largest absolute Gasteiger partial charge is 0.331 e. The molecule has 0 radical (unpaired) electrons. The number of carbonyl (C=O) groups excluding carboxylic acids is 1. The fourth-order valence-corrected chi connectivity index (χ4v) is 2.15. The SMILES string of the molecule is C[C@@H](NC(=O)N1CCC(F)CC1)c1ccccc1. The van der Waals surface area contributed by atoms with E-state index in [0.29, 0.717) is 25.9 Å². The van der Waals surface area contributed by atoms with Crippen LogP contribution in [0.2, 0.25) is 0 Å². The average Bonchev–Trinajstić information content (AvgIpc) is 2.40. The Morgan fingerprint density at radius 1 is 1.33 bits per heavy atom. The lowest BCUT2D eigenvalue weighted by Gasteiger charge is -2.30. The topological polar surface area (TPSA) is 32.3 Å². The van der Waals surface area contributed by atoms with Crippen molar-refractivity contribution >= 4 is 6.03 Å². The van der Waals surface area contributed by atoms with Gasteiger partial charge in [-0.3, -0.25) is 0 Å². The molecule has 0 unspecified atom stereocenters. The van der Waals surface area contributed by atoms with Gasteiger partial charge < -0.3 is 10.2 Å². The highest BCUT2D eigenvalue weighted by Crippen LogP contribution is 2.15. The zero-order valence-corrected chi connectivity index (χ0v) is 10.6. The van der Waals surface area contributed by atoms with Crippen molar-refractivity contribution in [3.63, 3.8) is 0 Å². The normalized spacial score (nSPS) is 18.4. The van der Waals surface area contributed by atoms with Crippen molar-refractivity contribution in [2.45, 2.75) is 32.0 Å². The van der Waals surface area contributed by atoms with Crippen LogP contribution in [0.4, 0.5) is 9.18 Å². The number of amides is 2. The van der Waals surface area contributed by atoms with Gasteiger partial charge in [-0.25, -0.2) is 9.18 Å². The molecule has 2 amide bonds. The smallest absolute Gasteiger partial charge is 0.317 e. The van der Waals surface area contributed by atoms with Crippen LogP contribution in [0.5, 0.6) is 0 Å². The molecule has 1 aromatic rings. The van der Waals surface area contributed by atoms with Crippen LogP contribution in [0.15, 0.2) is 30.3 Å². The van der Waals surface area contributed by atoms with Gasteiger partial charge in [0.15, 0.2) is 0 Å². The number of rotatable bonds is 2. The van der Waals surface area contributed by atoms with E-state index in [4.69, 9.17) is 0 Å². The first-order chi connectivity index (χ1) is 8.66. The molecule has 18 heavy (non-hydrogen) atoms. The first-order valence-electron chi connectivity index (χ1n) is 6.41. The number of benzene rings is 1. The molecule has 1 N–H and O–H groups in total. The van der Waals surface area contributed by atoms with Crippen molar-refractivity contribution in [3.05, 3.63) is 35.9 Å². The summed E-state index contributed by atoms with van der Waals surface area (Å²) in [5.41, 5.74) is 1.08. The molecular weight excluding hydrogens is 231 g/mol. The molecule has 1 aliphatic heterocycles. The number of likely N-dealkylation sites (tertiary alicyclic amines) is 1. The predicted octanol–water partition coefficient (Wildman–Crippen LogP) is 2.89. The first kappa shape index (κ1) is 12.9. The van der Waals surface area contributed by atoms with Gasteiger partial charge in [-0.2, -0.15) is 0 Å². The number of nitrogens with zero attached hydrogens (tertiary/aromatic N) is 1. The first-order valence-corrected chi connectivity index (χ1v) is 6.41. The Balaban J connectivity index is 1.87. The molecular formula is C14H19FN2O. The van der Waals surface area contributed by atoms with Gasteiger partial charge in [0.05, 0.1) is 6.04 Å². The Hall–Kier alpha value is -1.58. The van der Waals surface area contributed by atoms with Crippen molar-refractivity contribution in [2.24, 2.45) is 0 Å². The summed E-state index contributed by atoms with van der Waals surface area (Å²) in [5, 5.41) is 2.95. The molecule has 0 saturated carbocycles. The lowest BCUT2D eigenvalue weighted by atomic mass is 10.1. The van der Waals surface area contributed by atoms with E-state index in [2.05, 4.69) is 5.32 Å². The Kier molecular flexibility index (Phi) is 4.18. The maximum absolute atomic E-state index is 13.0. The molecule has 3 nitrogen and oxygen atoms in total. The number of nitrogens with one attached hydrogen (secondary N) is 1. The summed E-state index contributed by atoms with van der Waals surface area (Å²) in [6.45, 7) is 2.97. The minimum Gasteiger partial charge on any atom is -0.331 e. The molecule has 4 heteroatoms. The van der Waals surface area contributed by atoms with Gasteiger partial charge in [0.1, 0.15) is 6.17 Å². The zero-order chi connectivity index (χ0) is 13.0. The summed E-state index contributed by atoms with van der Waals surface area (Å²) in [5.74, 6) is 0. The van der Waals surface area contributed by atoms with Crippen molar-refractivity contribution in [3.8, 4) is 0 Å². The predicted molar refractivity (Wildman–Crippen MR) is 69.1 cm³/mol. The second-order valence-electron chi connectivity index (χ2n) is 4.74. The number of hydrogen-bond acceptors (Lipinski definition) is 1. The lowest BCUT2D eigenvalue weighted by Crippen LogP contribution is -2.45. The molecule has 1 fully saturated rings. The molecule has 0 spiro atoms. The fraction of sp³-hybridized carbons (Fsp3) is 0.500. The van der Waals surface area contributed by atoms with Crippen LogP contribution in [0, 0.1) is 0 Å². The maximum Gasteiger partial charge on any atom is 0.317 e. The van der Waals surface area contributed by atoms with E-state index in [1.165, 1.54) is 0 Å². The Morgan fingerprint density at radius 2 is 1.94 bits per heavy atom. The van der Waals surface area contributed by atoms with Crippen LogP contribution >= 0.6 is 0 Å². The summed E-state index contributed by atoms with van der Waals surface area (Å²) in [4.78, 5) is 13.7. The van der Waals surface area contributed by atoms with Gasteiger partial charge in [-0.1, -0.05) is 30.3 Å². The maximum atomic E-state index is 13.0. The summed E-state index contributed by atoms with van der Waals surface area (Å²) < 4.78 is 13.0. The zero-order valence-electron chi connectivity index (χ0n) is 10.6. The van der Waals surface area contributed by atoms with Gasteiger partial charge in [-0.05, 0) is 25.3 Å². The molecule has 1 aliphatic rings. The number of urea groups is 1. The minimum atomic E-state index is -0.749. The molecule has 0 aliphatic carbocycles. The van der Waals surface area contributed by atoms with E-state index >= 15 is 0 Å². The van der Waals surface area contributed by atoms with Crippen LogP contribution in [0.25, 0.3) is 0 Å². The molecule has 0 bridgehead atoms. The van der Waals surface area contributed by atoms with E-state index in [0.717, 1.165) is 5.56 Å². The number of halogens is 1. The van der Waals surface area contributed by atoms with Crippen molar-refractivity contribution in [1.82, 2.24) is 10.2 Å². The fourth-order valence-electron chi connectivity index (χ4n) is 2.15. The average molecular weight is 250 g/mol. The third-order valence-electron chi connectivity index (χ3n) is 3.35. The second kappa shape index (κ2) is 5.85. The van der Waals surface area contributed by atoms with Gasteiger partial charge in [0.25, 0.3) is 0 Å². The van der Waals surface area contributed by atoms with E-state index in [-0.39, 0.29) is 12.1 Å². The summed E-state index contributed by atoms with van der Waals surface area (Å²) in [6.07, 6.45) is 0.154. The number of alkyl halides is 1. The molecule has 1 atom stereocenters. The van der Waals surface area contributed by atoms with Crippen LogP contribution in [0.1, 0.15) is 31.4 Å². The molecule has 1 saturated heterocycles. The summed E-state index contributed by atoms with van der Waals surface area (Å²) in [7, 11) is 0. The third kappa shape index (κ3) is 3.22. The molecule has 1 aromatic carbocycles. The van der Waals surface area contributed by atoms with Crippen LogP contribution in [0.3, 0.4) is 0 Å². The van der Waals surface area contributed by atoms with Crippen molar-refractivity contribution < 1.29 is 9.18 Å². The lowest BCUT2D eigenvalue weighted by molar-refractivity contribution is 0.150. The van der Waals surface area contributed by atoms with Crippen LogP contribution in [-0.2, 0) is 0 Å². The third-order valence-corrected chi connectivity index (χ3v) is 3.35. The van der Waals surface area contributed by atoms with Gasteiger partial charge >= 0.3 is 6.03 Å². The van der Waals surface area contributed by atoms with E-state index < -0.39 is 6.17 Å². The highest BCUT2D eigenvalue weighted by atomic mass is 19.1. The second-order valence-corrected chi connectivity index (χ2v) is 4.74. The molecule has 1 heterocycles. The van der Waals surface area contributed by atoms with Gasteiger partial charge in [-0.15, -0.1) is 0 Å². The minimum absolute atomic E-state index is 0.0261.